The van der Waals surface area contributed by atoms with E-state index in [1.165, 1.54) is 11.8 Å². The van der Waals surface area contributed by atoms with Crippen molar-refractivity contribution in [3.8, 4) is 5.75 Å². The lowest BCUT2D eigenvalue weighted by Crippen LogP contribution is -2.53. The maximum atomic E-state index is 12.9. The van der Waals surface area contributed by atoms with E-state index in [4.69, 9.17) is 4.74 Å². The van der Waals surface area contributed by atoms with Crippen LogP contribution in [0.15, 0.2) is 12.1 Å². The summed E-state index contributed by atoms with van der Waals surface area (Å²) >= 11 is 1.48. The quantitative estimate of drug-likeness (QED) is 0.465. The number of aryl methyl sites for hydroxylation is 2. The van der Waals surface area contributed by atoms with Gasteiger partial charge in [0.2, 0.25) is 5.91 Å². The monoisotopic (exact) mass is 440 g/mol. The molecule has 0 unspecified atom stereocenters. The lowest BCUT2D eigenvalue weighted by atomic mass is 9.95. The first-order valence-electron chi connectivity index (χ1n) is 9.64. The molecule has 0 saturated heterocycles. The number of carbonyl (C=O) groups excluding carboxylic acids is 2. The van der Waals surface area contributed by atoms with Crippen molar-refractivity contribution in [2.75, 3.05) is 12.0 Å². The van der Waals surface area contributed by atoms with Crippen LogP contribution in [-0.4, -0.2) is 57.9 Å². The molecule has 0 fully saturated rings. The molecule has 9 heteroatoms. The summed E-state index contributed by atoms with van der Waals surface area (Å²) in [5.74, 6) is -1.07. The van der Waals surface area contributed by atoms with Crippen LogP contribution in [0.1, 0.15) is 43.9 Å². The molecule has 0 saturated carbocycles. The molecular weight excluding hydrogens is 408 g/mol. The Morgan fingerprint density at radius 2 is 1.67 bits per heavy atom. The Kier molecular flexibility index (Phi) is 9.48. The molecule has 30 heavy (non-hydrogen) atoms. The number of alkyl carbamates (subject to hydrolysis) is 1. The predicted octanol–water partition coefficient (Wildman–Crippen LogP) is 2.77. The second kappa shape index (κ2) is 11.1. The highest BCUT2D eigenvalue weighted by atomic mass is 32.2. The maximum absolute atomic E-state index is 12.9. The molecule has 2 amide bonds. The lowest BCUT2D eigenvalue weighted by molar-refractivity contribution is -0.142. The molecule has 1 rings (SSSR count). The van der Waals surface area contributed by atoms with Crippen molar-refractivity contribution < 1.29 is 29.3 Å². The number of phenolic OH excluding ortho intramolecular Hbond substituents is 1. The van der Waals surface area contributed by atoms with Crippen molar-refractivity contribution in [3.63, 3.8) is 0 Å². The van der Waals surface area contributed by atoms with Crippen molar-refractivity contribution in [1.29, 1.82) is 0 Å². The van der Waals surface area contributed by atoms with Gasteiger partial charge in [0.15, 0.2) is 0 Å². The number of aliphatic carboxylic acids is 1. The zero-order chi connectivity index (χ0) is 23.1. The van der Waals surface area contributed by atoms with Crippen molar-refractivity contribution in [2.24, 2.45) is 0 Å². The van der Waals surface area contributed by atoms with Crippen molar-refractivity contribution >= 4 is 29.7 Å². The number of aromatic hydroxyl groups is 1. The van der Waals surface area contributed by atoms with E-state index in [0.717, 1.165) is 16.7 Å². The van der Waals surface area contributed by atoms with E-state index in [9.17, 15) is 24.6 Å². The summed E-state index contributed by atoms with van der Waals surface area (Å²) in [6, 6.07) is 1.04. The highest BCUT2D eigenvalue weighted by Crippen LogP contribution is 2.22. The van der Waals surface area contributed by atoms with Gasteiger partial charge in [0.1, 0.15) is 23.4 Å². The third kappa shape index (κ3) is 8.52. The fourth-order valence-corrected chi connectivity index (χ4v) is 3.39. The number of hydrogen-bond donors (Lipinski definition) is 4. The topological polar surface area (TPSA) is 125 Å². The number of nitrogens with one attached hydrogen (secondary N) is 2. The number of hydrogen-bond acceptors (Lipinski definition) is 6. The van der Waals surface area contributed by atoms with E-state index in [1.807, 2.05) is 6.26 Å². The third-order valence-corrected chi connectivity index (χ3v) is 4.97. The Labute approximate surface area is 181 Å². The summed E-state index contributed by atoms with van der Waals surface area (Å²) < 4.78 is 5.26. The van der Waals surface area contributed by atoms with Gasteiger partial charge in [0.25, 0.3) is 0 Å². The van der Waals surface area contributed by atoms with Crippen molar-refractivity contribution in [2.45, 2.75) is 65.1 Å². The Morgan fingerprint density at radius 1 is 1.10 bits per heavy atom. The number of amides is 2. The molecule has 2 atom stereocenters. The van der Waals surface area contributed by atoms with Crippen LogP contribution < -0.4 is 10.6 Å². The summed E-state index contributed by atoms with van der Waals surface area (Å²) in [6.45, 7) is 8.71. The van der Waals surface area contributed by atoms with Crippen LogP contribution in [-0.2, 0) is 20.7 Å². The minimum absolute atomic E-state index is 0.109. The number of carboxylic acid groups (broad SMARTS) is 1. The molecule has 0 aromatic heterocycles. The van der Waals surface area contributed by atoms with E-state index in [0.29, 0.717) is 5.75 Å². The Bertz CT molecular complexity index is 752. The molecule has 168 valence electrons. The summed E-state index contributed by atoms with van der Waals surface area (Å²) in [6.07, 6.45) is 1.47. The van der Waals surface area contributed by atoms with Gasteiger partial charge in [-0.3, -0.25) is 4.79 Å². The fraction of sp³-hybridized carbons (Fsp3) is 0.571. The van der Waals surface area contributed by atoms with Crippen LogP contribution in [0.2, 0.25) is 0 Å². The first-order chi connectivity index (χ1) is 13.8. The lowest BCUT2D eigenvalue weighted by Gasteiger charge is -2.25. The van der Waals surface area contributed by atoms with Gasteiger partial charge in [-0.15, -0.1) is 0 Å². The molecule has 0 aliphatic carbocycles. The van der Waals surface area contributed by atoms with E-state index in [2.05, 4.69) is 10.6 Å². The van der Waals surface area contributed by atoms with Crippen LogP contribution in [0.5, 0.6) is 5.75 Å². The highest BCUT2D eigenvalue weighted by Gasteiger charge is 2.29. The molecule has 0 spiro atoms. The molecule has 0 aliphatic heterocycles. The maximum Gasteiger partial charge on any atom is 0.408 e. The first kappa shape index (κ1) is 25.6. The number of ether oxygens (including phenoxy) is 1. The highest BCUT2D eigenvalue weighted by molar-refractivity contribution is 7.98. The third-order valence-electron chi connectivity index (χ3n) is 4.32. The summed E-state index contributed by atoms with van der Waals surface area (Å²) in [5, 5.41) is 24.2. The molecule has 1 aromatic carbocycles. The van der Waals surface area contributed by atoms with Crippen LogP contribution in [0.25, 0.3) is 0 Å². The van der Waals surface area contributed by atoms with Gasteiger partial charge >= 0.3 is 12.1 Å². The largest absolute Gasteiger partial charge is 0.508 e. The second-order valence-electron chi connectivity index (χ2n) is 8.14. The SMILES string of the molecule is CSCC[C@H](NC(=O)[C@H](Cc1c(C)cc(O)cc1C)NC(=O)OC(C)(C)C)C(=O)O. The van der Waals surface area contributed by atoms with Crippen molar-refractivity contribution in [3.05, 3.63) is 28.8 Å². The van der Waals surface area contributed by atoms with Gasteiger partial charge in [-0.1, -0.05) is 0 Å². The number of rotatable bonds is 9. The van der Waals surface area contributed by atoms with Gasteiger partial charge in [0.05, 0.1) is 0 Å². The van der Waals surface area contributed by atoms with Gasteiger partial charge in [-0.05, 0) is 81.9 Å². The zero-order valence-electron chi connectivity index (χ0n) is 18.4. The number of carbonyl (C=O) groups is 3. The minimum Gasteiger partial charge on any atom is -0.508 e. The Balaban J connectivity index is 3.12. The molecule has 0 aliphatic rings. The van der Waals surface area contributed by atoms with E-state index >= 15 is 0 Å². The fourth-order valence-electron chi connectivity index (χ4n) is 2.92. The standard InChI is InChI=1S/C21H32N2O6S/c1-12-9-14(24)10-13(2)15(12)11-17(23-20(28)29-21(3,4)5)18(25)22-16(19(26)27)7-8-30-6/h9-10,16-17,24H,7-8,11H2,1-6H3,(H,22,25)(H,23,28)(H,26,27)/t16-,17-/m0/s1. The van der Waals surface area contributed by atoms with Crippen LogP contribution in [0, 0.1) is 13.8 Å². The zero-order valence-corrected chi connectivity index (χ0v) is 19.2. The molecule has 1 aromatic rings. The first-order valence-corrected chi connectivity index (χ1v) is 11.0. The number of phenols is 1. The molecule has 0 heterocycles. The molecule has 8 nitrogen and oxygen atoms in total. The van der Waals surface area contributed by atoms with Gasteiger partial charge in [-0.2, -0.15) is 11.8 Å². The number of benzene rings is 1. The van der Waals surface area contributed by atoms with Crippen LogP contribution in [0.4, 0.5) is 4.79 Å². The van der Waals surface area contributed by atoms with E-state index in [-0.39, 0.29) is 18.6 Å². The Morgan fingerprint density at radius 3 is 2.13 bits per heavy atom. The molecule has 0 bridgehead atoms. The molecule has 4 N–H and O–H groups in total. The van der Waals surface area contributed by atoms with Crippen LogP contribution in [0.3, 0.4) is 0 Å². The normalized spacial score (nSPS) is 13.3. The molecule has 0 radical (unpaired) electrons. The number of thioether (sulfide) groups is 1. The average molecular weight is 441 g/mol. The summed E-state index contributed by atoms with van der Waals surface area (Å²) in [5.41, 5.74) is 1.54. The smallest absolute Gasteiger partial charge is 0.408 e. The summed E-state index contributed by atoms with van der Waals surface area (Å²) in [4.78, 5) is 36.7. The minimum atomic E-state index is -1.13. The second-order valence-corrected chi connectivity index (χ2v) is 9.13. The van der Waals surface area contributed by atoms with Gasteiger partial charge in [-0.25, -0.2) is 9.59 Å². The predicted molar refractivity (Wildman–Crippen MR) is 117 cm³/mol. The van der Waals surface area contributed by atoms with E-state index in [1.54, 1.807) is 46.8 Å². The molecular formula is C21H32N2O6S. The average Bonchev–Trinajstić information content (AvgIpc) is 2.58. The Hall–Kier alpha value is -2.42. The summed E-state index contributed by atoms with van der Waals surface area (Å²) in [7, 11) is 0. The van der Waals surface area contributed by atoms with Crippen LogP contribution >= 0.6 is 11.8 Å². The van der Waals surface area contributed by atoms with E-state index < -0.39 is 35.7 Å². The van der Waals surface area contributed by atoms with Gasteiger partial charge < -0.3 is 25.6 Å². The van der Waals surface area contributed by atoms with Crippen molar-refractivity contribution in [1.82, 2.24) is 10.6 Å². The van der Waals surface area contributed by atoms with Gasteiger partial charge in [0, 0.05) is 6.42 Å². The number of carboxylic acids is 1.